The van der Waals surface area contributed by atoms with Crippen LogP contribution < -0.4 is 5.73 Å². The molecule has 4 heteroatoms. The predicted molar refractivity (Wildman–Crippen MR) is 52.4 cm³/mol. The molecule has 13 heavy (non-hydrogen) atoms. The minimum atomic E-state index is -0.413. The Hall–Kier alpha value is -0.640. The normalized spacial score (nSPS) is 12.0. The summed E-state index contributed by atoms with van der Waals surface area (Å²) in [7, 11) is 0. The van der Waals surface area contributed by atoms with Crippen molar-refractivity contribution in [1.82, 2.24) is 0 Å². The molecule has 2 nitrogen and oxygen atoms in total. The molecule has 0 radical (unpaired) electrons. The Kier molecular flexibility index (Phi) is 4.91. The molecule has 1 aromatic carbocycles. The molecule has 0 bridgehead atoms. The van der Waals surface area contributed by atoms with Gasteiger partial charge in [-0.3, -0.25) is 0 Å². The van der Waals surface area contributed by atoms with Crippen molar-refractivity contribution in [2.75, 3.05) is 6.61 Å². The number of aryl methyl sites for hydroxylation is 1. The van der Waals surface area contributed by atoms with E-state index in [1.165, 1.54) is 6.07 Å². The Morgan fingerprint density at radius 1 is 1.54 bits per heavy atom. The number of hydrogen-bond donors (Lipinski definition) is 2. The molecular formula is C9H13ClFNO. The highest BCUT2D eigenvalue weighted by Crippen LogP contribution is 2.14. The highest BCUT2D eigenvalue weighted by Gasteiger charge is 2.05. The third-order valence-electron chi connectivity index (χ3n) is 1.81. The average Bonchev–Trinajstić information content (AvgIpc) is 2.08. The molecule has 0 heterocycles. The molecule has 0 spiro atoms. The number of rotatable bonds is 2. The fourth-order valence-corrected chi connectivity index (χ4v) is 1.00. The molecule has 0 fully saturated rings. The molecule has 74 valence electrons. The van der Waals surface area contributed by atoms with Crippen molar-refractivity contribution in [2.24, 2.45) is 5.73 Å². The van der Waals surface area contributed by atoms with Crippen LogP contribution in [0.15, 0.2) is 18.2 Å². The Labute approximate surface area is 83.0 Å². The van der Waals surface area contributed by atoms with Crippen molar-refractivity contribution in [1.29, 1.82) is 0 Å². The van der Waals surface area contributed by atoms with E-state index in [9.17, 15) is 4.39 Å². The number of aliphatic hydroxyl groups excluding tert-OH is 1. The van der Waals surface area contributed by atoms with Crippen molar-refractivity contribution in [3.05, 3.63) is 35.1 Å². The Morgan fingerprint density at radius 2 is 2.15 bits per heavy atom. The van der Waals surface area contributed by atoms with Gasteiger partial charge in [0.25, 0.3) is 0 Å². The Balaban J connectivity index is 0.00000144. The summed E-state index contributed by atoms with van der Waals surface area (Å²) in [6.45, 7) is 1.55. The summed E-state index contributed by atoms with van der Waals surface area (Å²) in [6.07, 6.45) is 0. The van der Waals surface area contributed by atoms with Crippen molar-refractivity contribution < 1.29 is 9.50 Å². The quantitative estimate of drug-likeness (QED) is 0.770. The van der Waals surface area contributed by atoms with Gasteiger partial charge in [-0.2, -0.15) is 0 Å². The van der Waals surface area contributed by atoms with Crippen molar-refractivity contribution >= 4 is 12.4 Å². The van der Waals surface area contributed by atoms with Crippen LogP contribution in [0.4, 0.5) is 4.39 Å². The lowest BCUT2D eigenvalue weighted by Gasteiger charge is -2.08. The first kappa shape index (κ1) is 12.4. The van der Waals surface area contributed by atoms with E-state index in [-0.39, 0.29) is 24.8 Å². The molecule has 0 aliphatic rings. The van der Waals surface area contributed by atoms with E-state index in [2.05, 4.69) is 0 Å². The average molecular weight is 206 g/mol. The summed E-state index contributed by atoms with van der Waals surface area (Å²) in [5.74, 6) is -0.246. The molecule has 1 atom stereocenters. The maximum Gasteiger partial charge on any atom is 0.126 e. The highest BCUT2D eigenvalue weighted by atomic mass is 35.5. The van der Waals surface area contributed by atoms with Crippen LogP contribution in [0.5, 0.6) is 0 Å². The molecular weight excluding hydrogens is 193 g/mol. The second-order valence-electron chi connectivity index (χ2n) is 2.80. The number of halogens is 2. The van der Waals surface area contributed by atoms with Crippen LogP contribution in [-0.2, 0) is 0 Å². The van der Waals surface area contributed by atoms with Crippen LogP contribution in [-0.4, -0.2) is 11.7 Å². The van der Waals surface area contributed by atoms with E-state index in [1.54, 1.807) is 19.1 Å². The molecule has 3 N–H and O–H groups in total. The van der Waals surface area contributed by atoms with E-state index in [0.717, 1.165) is 5.56 Å². The first-order valence-electron chi connectivity index (χ1n) is 3.77. The maximum absolute atomic E-state index is 12.8. The third kappa shape index (κ3) is 2.95. The van der Waals surface area contributed by atoms with Crippen LogP contribution in [0.2, 0.25) is 0 Å². The molecule has 0 aromatic heterocycles. The summed E-state index contributed by atoms with van der Waals surface area (Å²) < 4.78 is 12.8. The molecule has 0 unspecified atom stereocenters. The van der Waals surface area contributed by atoms with Crippen molar-refractivity contribution in [2.45, 2.75) is 13.0 Å². The number of benzene rings is 1. The topological polar surface area (TPSA) is 46.2 Å². The minimum absolute atomic E-state index is 0. The number of aliphatic hydroxyl groups is 1. The molecule has 1 rings (SSSR count). The van der Waals surface area contributed by atoms with Gasteiger partial charge in [0.15, 0.2) is 0 Å². The lowest BCUT2D eigenvalue weighted by Crippen LogP contribution is -2.14. The zero-order valence-electron chi connectivity index (χ0n) is 7.33. The fraction of sp³-hybridized carbons (Fsp3) is 0.333. The largest absolute Gasteiger partial charge is 0.394 e. The highest BCUT2D eigenvalue weighted by molar-refractivity contribution is 5.85. The molecule has 1 aromatic rings. The minimum Gasteiger partial charge on any atom is -0.394 e. The molecule has 0 amide bonds. The summed E-state index contributed by atoms with van der Waals surface area (Å²) in [6, 6.07) is 4.18. The van der Waals surface area contributed by atoms with Crippen molar-refractivity contribution in [3.8, 4) is 0 Å². The summed E-state index contributed by atoms with van der Waals surface area (Å²) >= 11 is 0. The predicted octanol–water partition coefficient (Wildman–Crippen LogP) is 1.55. The van der Waals surface area contributed by atoms with Crippen LogP contribution in [0, 0.1) is 12.7 Å². The smallest absolute Gasteiger partial charge is 0.126 e. The van der Waals surface area contributed by atoms with Gasteiger partial charge in [0.2, 0.25) is 0 Å². The van der Waals surface area contributed by atoms with Crippen LogP contribution in [0.3, 0.4) is 0 Å². The van der Waals surface area contributed by atoms with E-state index in [4.69, 9.17) is 10.8 Å². The lowest BCUT2D eigenvalue weighted by atomic mass is 10.1. The van der Waals surface area contributed by atoms with Gasteiger partial charge in [0.1, 0.15) is 5.82 Å². The van der Waals surface area contributed by atoms with Crippen molar-refractivity contribution in [3.63, 3.8) is 0 Å². The molecule has 0 aliphatic carbocycles. The maximum atomic E-state index is 12.8. The van der Waals surface area contributed by atoms with E-state index in [1.807, 2.05) is 0 Å². The number of nitrogens with two attached hydrogens (primary N) is 1. The first-order chi connectivity index (χ1) is 5.65. The van der Waals surface area contributed by atoms with Gasteiger partial charge in [0.05, 0.1) is 12.6 Å². The Bertz CT molecular complexity index is 280. The van der Waals surface area contributed by atoms with E-state index in [0.29, 0.717) is 5.56 Å². The third-order valence-corrected chi connectivity index (χ3v) is 1.81. The van der Waals surface area contributed by atoms with E-state index >= 15 is 0 Å². The second kappa shape index (κ2) is 5.17. The second-order valence-corrected chi connectivity index (χ2v) is 2.80. The lowest BCUT2D eigenvalue weighted by molar-refractivity contribution is 0.268. The van der Waals surface area contributed by atoms with E-state index < -0.39 is 6.04 Å². The van der Waals surface area contributed by atoms with Crippen LogP contribution >= 0.6 is 12.4 Å². The first-order valence-corrected chi connectivity index (χ1v) is 3.77. The monoisotopic (exact) mass is 205 g/mol. The Morgan fingerprint density at radius 3 is 2.62 bits per heavy atom. The summed E-state index contributed by atoms with van der Waals surface area (Å²) in [4.78, 5) is 0. The van der Waals surface area contributed by atoms with Gasteiger partial charge in [0, 0.05) is 0 Å². The van der Waals surface area contributed by atoms with Gasteiger partial charge in [-0.25, -0.2) is 4.39 Å². The zero-order chi connectivity index (χ0) is 9.14. The molecule has 0 saturated carbocycles. The van der Waals surface area contributed by atoms with Crippen LogP contribution in [0.25, 0.3) is 0 Å². The summed E-state index contributed by atoms with van der Waals surface area (Å²) in [5, 5.41) is 8.73. The molecule has 0 saturated heterocycles. The van der Waals surface area contributed by atoms with Gasteiger partial charge < -0.3 is 10.8 Å². The van der Waals surface area contributed by atoms with Gasteiger partial charge in [-0.15, -0.1) is 12.4 Å². The SMILES string of the molecule is Cc1cc([C@H](N)CO)ccc1F.Cl. The standard InChI is InChI=1S/C9H12FNO.ClH/c1-6-4-7(9(11)5-12)2-3-8(6)10;/h2-4,9,12H,5,11H2,1H3;1H/t9-;/m1./s1. The number of hydrogen-bond acceptors (Lipinski definition) is 2. The van der Waals surface area contributed by atoms with Gasteiger partial charge in [-0.1, -0.05) is 12.1 Å². The molecule has 0 aliphatic heterocycles. The van der Waals surface area contributed by atoms with Gasteiger partial charge >= 0.3 is 0 Å². The zero-order valence-corrected chi connectivity index (χ0v) is 8.14. The summed E-state index contributed by atoms with van der Waals surface area (Å²) in [5.41, 5.74) is 6.85. The van der Waals surface area contributed by atoms with Gasteiger partial charge in [-0.05, 0) is 24.1 Å². The fourth-order valence-electron chi connectivity index (χ4n) is 1.00. The van der Waals surface area contributed by atoms with Crippen LogP contribution in [0.1, 0.15) is 17.2 Å².